The standard InChI is InChI=1S/C16H18N4OS/c21-16(10-1-2-14-13(5-10)18-19-22-14)17-15-11-3-9-4-12(15)8-20(6-9)7-11/h1-2,5,9,11-12,15H,3-4,6-8H2,(H,17,21). The van der Waals surface area contributed by atoms with Crippen LogP contribution in [-0.2, 0) is 0 Å². The lowest BCUT2D eigenvalue weighted by molar-refractivity contribution is -0.0418. The number of aromatic nitrogens is 2. The van der Waals surface area contributed by atoms with Crippen molar-refractivity contribution in [3.8, 4) is 0 Å². The highest BCUT2D eigenvalue weighted by atomic mass is 32.1. The number of piperidine rings is 3. The fourth-order valence-corrected chi connectivity index (χ4v) is 5.34. The Bertz CT molecular complexity index is 715. The number of benzene rings is 1. The average Bonchev–Trinajstić information content (AvgIpc) is 2.97. The van der Waals surface area contributed by atoms with Gasteiger partial charge in [0.25, 0.3) is 5.91 Å². The number of carbonyl (C=O) groups is 1. The lowest BCUT2D eigenvalue weighted by Crippen LogP contribution is -2.64. The molecule has 4 fully saturated rings. The monoisotopic (exact) mass is 314 g/mol. The van der Waals surface area contributed by atoms with Gasteiger partial charge in [-0.05, 0) is 60.3 Å². The van der Waals surface area contributed by atoms with E-state index in [1.165, 1.54) is 30.9 Å². The number of rotatable bonds is 2. The predicted octanol–water partition coefficient (Wildman–Crippen LogP) is 1.76. The summed E-state index contributed by atoms with van der Waals surface area (Å²) in [5.74, 6) is 2.19. The molecule has 2 atom stereocenters. The molecule has 2 aromatic rings. The first-order valence-corrected chi connectivity index (χ1v) is 8.79. The maximum absolute atomic E-state index is 12.6. The fourth-order valence-electron chi connectivity index (χ4n) is 4.80. The molecule has 1 saturated carbocycles. The molecule has 1 N–H and O–H groups in total. The van der Waals surface area contributed by atoms with Crippen molar-refractivity contribution in [3.63, 3.8) is 0 Å². The molecule has 4 aliphatic rings. The molecule has 0 spiro atoms. The summed E-state index contributed by atoms with van der Waals surface area (Å²) in [5, 5.41) is 7.39. The van der Waals surface area contributed by atoms with Crippen LogP contribution in [0.2, 0.25) is 0 Å². The third kappa shape index (κ3) is 1.97. The zero-order chi connectivity index (χ0) is 14.7. The molecule has 114 valence electrons. The second-order valence-electron chi connectivity index (χ2n) is 7.03. The zero-order valence-corrected chi connectivity index (χ0v) is 13.1. The summed E-state index contributed by atoms with van der Waals surface area (Å²) in [6.07, 6.45) is 2.57. The summed E-state index contributed by atoms with van der Waals surface area (Å²) in [6, 6.07) is 6.03. The van der Waals surface area contributed by atoms with Crippen LogP contribution in [0.5, 0.6) is 0 Å². The van der Waals surface area contributed by atoms with Crippen LogP contribution in [0.15, 0.2) is 18.2 Å². The van der Waals surface area contributed by atoms with Gasteiger partial charge in [0.1, 0.15) is 5.52 Å². The molecule has 6 rings (SSSR count). The van der Waals surface area contributed by atoms with E-state index in [9.17, 15) is 4.79 Å². The Morgan fingerprint density at radius 3 is 2.82 bits per heavy atom. The Balaban J connectivity index is 1.38. The number of fused-ring (bicyclic) bond motifs is 1. The second-order valence-corrected chi connectivity index (χ2v) is 7.82. The average molecular weight is 314 g/mol. The number of nitrogens with zero attached hydrogens (tertiary/aromatic N) is 3. The van der Waals surface area contributed by atoms with Gasteiger partial charge in [-0.2, -0.15) is 0 Å². The SMILES string of the molecule is O=C(NC1C2CC3CC1CN(C3)C2)c1ccc2snnc2c1. The van der Waals surface area contributed by atoms with Crippen LogP contribution in [0.25, 0.3) is 10.2 Å². The molecule has 4 bridgehead atoms. The molecule has 1 aromatic carbocycles. The van der Waals surface area contributed by atoms with Crippen molar-refractivity contribution in [2.24, 2.45) is 17.8 Å². The minimum atomic E-state index is 0.0439. The van der Waals surface area contributed by atoms with Gasteiger partial charge in [0.2, 0.25) is 0 Å². The van der Waals surface area contributed by atoms with Crippen molar-refractivity contribution in [3.05, 3.63) is 23.8 Å². The van der Waals surface area contributed by atoms with E-state index in [-0.39, 0.29) is 5.91 Å². The van der Waals surface area contributed by atoms with E-state index in [4.69, 9.17) is 0 Å². The Kier molecular flexibility index (Phi) is 2.79. The third-order valence-electron chi connectivity index (χ3n) is 5.60. The van der Waals surface area contributed by atoms with Crippen LogP contribution in [0.3, 0.4) is 0 Å². The summed E-state index contributed by atoms with van der Waals surface area (Å²) < 4.78 is 4.96. The molecular weight excluding hydrogens is 296 g/mol. The predicted molar refractivity (Wildman–Crippen MR) is 84.8 cm³/mol. The van der Waals surface area contributed by atoms with Crippen LogP contribution >= 0.6 is 11.5 Å². The van der Waals surface area contributed by atoms with Crippen LogP contribution in [0, 0.1) is 17.8 Å². The molecule has 6 heteroatoms. The normalized spacial score (nSPS) is 35.9. The van der Waals surface area contributed by atoms with Crippen LogP contribution in [0.1, 0.15) is 23.2 Å². The molecule has 0 radical (unpaired) electrons. The summed E-state index contributed by atoms with van der Waals surface area (Å²) in [4.78, 5) is 15.2. The van der Waals surface area contributed by atoms with Gasteiger partial charge in [0.15, 0.2) is 0 Å². The quantitative estimate of drug-likeness (QED) is 0.918. The van der Waals surface area contributed by atoms with Gasteiger partial charge in [0, 0.05) is 31.2 Å². The second kappa shape index (κ2) is 4.73. The zero-order valence-electron chi connectivity index (χ0n) is 12.2. The van der Waals surface area contributed by atoms with Gasteiger partial charge < -0.3 is 10.2 Å². The van der Waals surface area contributed by atoms with Crippen LogP contribution < -0.4 is 5.32 Å². The fraction of sp³-hybridized carbons (Fsp3) is 0.562. The number of carbonyl (C=O) groups excluding carboxylic acids is 1. The van der Waals surface area contributed by atoms with Gasteiger partial charge in [0.05, 0.1) is 4.70 Å². The van der Waals surface area contributed by atoms with Crippen LogP contribution in [-0.4, -0.2) is 46.1 Å². The number of nitrogens with one attached hydrogen (secondary N) is 1. The van der Waals surface area contributed by atoms with E-state index in [0.29, 0.717) is 23.4 Å². The number of hydrogen-bond donors (Lipinski definition) is 1. The van der Waals surface area contributed by atoms with Gasteiger partial charge in [-0.25, -0.2) is 0 Å². The van der Waals surface area contributed by atoms with Crippen molar-refractivity contribution >= 4 is 27.7 Å². The lowest BCUT2D eigenvalue weighted by Gasteiger charge is -2.55. The van der Waals surface area contributed by atoms with Gasteiger partial charge in [-0.15, -0.1) is 5.10 Å². The van der Waals surface area contributed by atoms with E-state index in [2.05, 4.69) is 19.8 Å². The third-order valence-corrected chi connectivity index (χ3v) is 6.30. The number of amides is 1. The van der Waals surface area contributed by atoms with Crippen molar-refractivity contribution < 1.29 is 4.79 Å². The molecule has 22 heavy (non-hydrogen) atoms. The van der Waals surface area contributed by atoms with E-state index >= 15 is 0 Å². The highest BCUT2D eigenvalue weighted by Gasteiger charge is 2.47. The first kappa shape index (κ1) is 13.0. The molecule has 1 aromatic heterocycles. The minimum Gasteiger partial charge on any atom is -0.349 e. The first-order chi connectivity index (χ1) is 10.8. The highest BCUT2D eigenvalue weighted by molar-refractivity contribution is 7.12. The summed E-state index contributed by atoms with van der Waals surface area (Å²) in [5.41, 5.74) is 1.52. The Hall–Kier alpha value is -1.53. The van der Waals surface area contributed by atoms with E-state index in [0.717, 1.165) is 29.2 Å². The molecular formula is C16H18N4OS. The van der Waals surface area contributed by atoms with Gasteiger partial charge in [-0.1, -0.05) is 4.49 Å². The van der Waals surface area contributed by atoms with Crippen molar-refractivity contribution in [2.45, 2.75) is 18.9 Å². The molecule has 4 heterocycles. The smallest absolute Gasteiger partial charge is 0.251 e. The highest BCUT2D eigenvalue weighted by Crippen LogP contribution is 2.43. The van der Waals surface area contributed by atoms with Crippen molar-refractivity contribution in [1.82, 2.24) is 19.8 Å². The van der Waals surface area contributed by atoms with Crippen LogP contribution in [0.4, 0.5) is 0 Å². The summed E-state index contributed by atoms with van der Waals surface area (Å²) in [6.45, 7) is 3.60. The Morgan fingerprint density at radius 1 is 1.23 bits per heavy atom. The summed E-state index contributed by atoms with van der Waals surface area (Å²) in [7, 11) is 0. The maximum atomic E-state index is 12.6. The van der Waals surface area contributed by atoms with E-state index in [1.54, 1.807) is 0 Å². The molecule has 1 amide bonds. The largest absolute Gasteiger partial charge is 0.349 e. The van der Waals surface area contributed by atoms with Crippen molar-refractivity contribution in [1.29, 1.82) is 0 Å². The Morgan fingerprint density at radius 2 is 2.05 bits per heavy atom. The molecule has 3 saturated heterocycles. The first-order valence-electron chi connectivity index (χ1n) is 8.01. The maximum Gasteiger partial charge on any atom is 0.251 e. The minimum absolute atomic E-state index is 0.0439. The molecule has 5 nitrogen and oxygen atoms in total. The lowest BCUT2D eigenvalue weighted by atomic mass is 9.65. The topological polar surface area (TPSA) is 58.1 Å². The van der Waals surface area contributed by atoms with Gasteiger partial charge in [-0.3, -0.25) is 4.79 Å². The van der Waals surface area contributed by atoms with E-state index < -0.39 is 0 Å². The molecule has 1 aliphatic carbocycles. The molecule has 3 aliphatic heterocycles. The summed E-state index contributed by atoms with van der Waals surface area (Å²) >= 11 is 1.36. The van der Waals surface area contributed by atoms with Gasteiger partial charge >= 0.3 is 0 Å². The van der Waals surface area contributed by atoms with E-state index in [1.807, 2.05) is 18.2 Å². The van der Waals surface area contributed by atoms with Crippen molar-refractivity contribution in [2.75, 3.05) is 19.6 Å². The number of hydrogen-bond acceptors (Lipinski definition) is 5. The Labute approximate surface area is 132 Å². The molecule has 2 unspecified atom stereocenters.